The second-order valence-corrected chi connectivity index (χ2v) is 6.64. The van der Waals surface area contributed by atoms with Gasteiger partial charge in [0, 0.05) is 4.47 Å². The fourth-order valence-corrected chi connectivity index (χ4v) is 2.98. The Hall–Kier alpha value is -2.21. The van der Waals surface area contributed by atoms with Gasteiger partial charge in [0.25, 0.3) is 0 Å². The number of ether oxygens (including phenoxy) is 2. The third-order valence-corrected chi connectivity index (χ3v) is 4.43. The summed E-state index contributed by atoms with van der Waals surface area (Å²) in [6, 6.07) is 13.1. The Bertz CT molecular complexity index is 751. The maximum absolute atomic E-state index is 12.2. The fourth-order valence-electron chi connectivity index (χ4n) is 2.56. The first kappa shape index (κ1) is 16.6. The second kappa shape index (κ2) is 7.13. The van der Waals surface area contributed by atoms with E-state index in [4.69, 9.17) is 9.47 Å². The Kier molecular flexibility index (Phi) is 4.94. The fraction of sp³-hybridized carbons (Fsp3) is 0.278. The molecule has 2 aromatic rings. The average molecular weight is 391 g/mol. The van der Waals surface area contributed by atoms with Crippen molar-refractivity contribution in [3.63, 3.8) is 0 Å². The van der Waals surface area contributed by atoms with E-state index < -0.39 is 0 Å². The van der Waals surface area contributed by atoms with Crippen molar-refractivity contribution in [2.45, 2.75) is 25.9 Å². The van der Waals surface area contributed by atoms with Crippen molar-refractivity contribution in [1.82, 2.24) is 10.6 Å². The van der Waals surface area contributed by atoms with E-state index in [0.29, 0.717) is 5.75 Å². The molecule has 2 amide bonds. The summed E-state index contributed by atoms with van der Waals surface area (Å²) in [6.45, 7) is 4.12. The van der Waals surface area contributed by atoms with Crippen LogP contribution in [0.25, 0.3) is 0 Å². The summed E-state index contributed by atoms with van der Waals surface area (Å²) in [6.07, 6.45) is 0. The minimum absolute atomic E-state index is 0.0912. The zero-order valence-electron chi connectivity index (χ0n) is 13.5. The molecule has 0 saturated carbocycles. The summed E-state index contributed by atoms with van der Waals surface area (Å²) in [5.41, 5.74) is 2.00. The molecule has 0 saturated heterocycles. The van der Waals surface area contributed by atoms with Gasteiger partial charge in [0.1, 0.15) is 0 Å². The molecule has 1 aliphatic rings. The van der Waals surface area contributed by atoms with Gasteiger partial charge in [-0.15, -0.1) is 0 Å². The van der Waals surface area contributed by atoms with E-state index >= 15 is 0 Å². The zero-order valence-corrected chi connectivity index (χ0v) is 15.1. The predicted octanol–water partition coefficient (Wildman–Crippen LogP) is 4.30. The van der Waals surface area contributed by atoms with Gasteiger partial charge in [-0.1, -0.05) is 34.1 Å². The van der Waals surface area contributed by atoms with Gasteiger partial charge in [-0.2, -0.15) is 0 Å². The second-order valence-electron chi connectivity index (χ2n) is 5.73. The van der Waals surface area contributed by atoms with Gasteiger partial charge in [-0.3, -0.25) is 0 Å². The van der Waals surface area contributed by atoms with Crippen LogP contribution >= 0.6 is 15.9 Å². The lowest BCUT2D eigenvalue weighted by Gasteiger charge is -2.19. The van der Waals surface area contributed by atoms with Gasteiger partial charge >= 0.3 is 6.03 Å². The van der Waals surface area contributed by atoms with Gasteiger partial charge in [0.05, 0.1) is 12.1 Å². The van der Waals surface area contributed by atoms with E-state index in [1.165, 1.54) is 0 Å². The Labute approximate surface area is 149 Å². The normalized spacial score (nSPS) is 14.8. The molecule has 2 N–H and O–H groups in total. The van der Waals surface area contributed by atoms with Crippen LogP contribution in [0.5, 0.6) is 11.5 Å². The number of urea groups is 1. The minimum Gasteiger partial charge on any atom is -0.454 e. The van der Waals surface area contributed by atoms with Crippen LogP contribution in [0, 0.1) is 0 Å². The first-order valence-electron chi connectivity index (χ1n) is 7.75. The third kappa shape index (κ3) is 3.82. The molecule has 0 bridgehead atoms. The van der Waals surface area contributed by atoms with Crippen LogP contribution in [-0.4, -0.2) is 12.8 Å². The molecule has 1 aliphatic heterocycles. The molecule has 24 heavy (non-hydrogen) atoms. The lowest BCUT2D eigenvalue weighted by molar-refractivity contribution is 0.174. The van der Waals surface area contributed by atoms with E-state index in [2.05, 4.69) is 26.6 Å². The maximum atomic E-state index is 12.2. The standard InChI is InChI=1S/C18H19BrN2O3/c1-11(13-4-3-5-15(19)8-13)20-18(22)21-12(2)14-6-7-16-17(9-14)24-10-23-16/h3-9,11-12H,10H2,1-2H3,(H2,20,21,22)/t11-,12+/m0/s1. The highest BCUT2D eigenvalue weighted by Gasteiger charge is 2.17. The summed E-state index contributed by atoms with van der Waals surface area (Å²) in [4.78, 5) is 12.2. The number of carbonyl (C=O) groups excluding carboxylic acids is 1. The molecule has 0 fully saturated rings. The van der Waals surface area contributed by atoms with E-state index in [1.807, 2.05) is 56.3 Å². The van der Waals surface area contributed by atoms with Crippen molar-refractivity contribution >= 4 is 22.0 Å². The Morgan fingerprint density at radius 2 is 1.67 bits per heavy atom. The summed E-state index contributed by atoms with van der Waals surface area (Å²) >= 11 is 3.44. The molecule has 1 heterocycles. The van der Waals surface area contributed by atoms with Gasteiger partial charge < -0.3 is 20.1 Å². The van der Waals surface area contributed by atoms with Crippen LogP contribution < -0.4 is 20.1 Å². The van der Waals surface area contributed by atoms with Crippen molar-refractivity contribution in [2.24, 2.45) is 0 Å². The molecule has 126 valence electrons. The smallest absolute Gasteiger partial charge is 0.315 e. The topological polar surface area (TPSA) is 59.6 Å². The number of carbonyl (C=O) groups is 1. The van der Waals surface area contributed by atoms with Crippen molar-refractivity contribution < 1.29 is 14.3 Å². The number of fused-ring (bicyclic) bond motifs is 1. The summed E-state index contributed by atoms with van der Waals surface area (Å²) in [7, 11) is 0. The van der Waals surface area contributed by atoms with E-state index in [9.17, 15) is 4.79 Å². The highest BCUT2D eigenvalue weighted by molar-refractivity contribution is 9.10. The lowest BCUT2D eigenvalue weighted by atomic mass is 10.1. The van der Waals surface area contributed by atoms with Gasteiger partial charge in [0.2, 0.25) is 6.79 Å². The highest BCUT2D eigenvalue weighted by Crippen LogP contribution is 2.34. The Balaban J connectivity index is 1.60. The lowest BCUT2D eigenvalue weighted by Crippen LogP contribution is -2.38. The molecule has 0 aliphatic carbocycles. The monoisotopic (exact) mass is 390 g/mol. The van der Waals surface area contributed by atoms with Gasteiger partial charge in [0.15, 0.2) is 11.5 Å². The van der Waals surface area contributed by atoms with E-state index in [1.54, 1.807) is 0 Å². The average Bonchev–Trinajstić information content (AvgIpc) is 3.02. The SMILES string of the molecule is C[C@H](NC(=O)N[C@H](C)c1ccc2c(c1)OCO2)c1cccc(Br)c1. The summed E-state index contributed by atoms with van der Waals surface area (Å²) in [5.74, 6) is 1.45. The first-order valence-corrected chi connectivity index (χ1v) is 8.54. The third-order valence-electron chi connectivity index (χ3n) is 3.94. The molecule has 0 spiro atoms. The number of rotatable bonds is 4. The highest BCUT2D eigenvalue weighted by atomic mass is 79.9. The molecule has 2 atom stereocenters. The van der Waals surface area contributed by atoms with Crippen molar-refractivity contribution in [2.75, 3.05) is 6.79 Å². The maximum Gasteiger partial charge on any atom is 0.315 e. The number of hydrogen-bond donors (Lipinski definition) is 2. The number of halogens is 1. The number of hydrogen-bond acceptors (Lipinski definition) is 3. The first-order chi connectivity index (χ1) is 11.5. The predicted molar refractivity (Wildman–Crippen MR) is 95.2 cm³/mol. The van der Waals surface area contributed by atoms with Crippen molar-refractivity contribution in [1.29, 1.82) is 0 Å². The molecule has 2 aromatic carbocycles. The zero-order chi connectivity index (χ0) is 17.1. The van der Waals surface area contributed by atoms with Crippen LogP contribution in [-0.2, 0) is 0 Å². The van der Waals surface area contributed by atoms with Crippen molar-refractivity contribution in [3.05, 3.63) is 58.1 Å². The quantitative estimate of drug-likeness (QED) is 0.817. The summed E-state index contributed by atoms with van der Waals surface area (Å²) < 4.78 is 11.7. The minimum atomic E-state index is -0.215. The molecular weight excluding hydrogens is 372 g/mol. The molecule has 0 aromatic heterocycles. The van der Waals surface area contributed by atoms with Gasteiger partial charge in [-0.25, -0.2) is 4.79 Å². The molecule has 0 unspecified atom stereocenters. The Morgan fingerprint density at radius 1 is 1.00 bits per heavy atom. The molecule has 0 radical (unpaired) electrons. The van der Waals surface area contributed by atoms with Crippen LogP contribution in [0.1, 0.15) is 37.1 Å². The van der Waals surface area contributed by atoms with Crippen LogP contribution in [0.3, 0.4) is 0 Å². The molecule has 6 heteroatoms. The van der Waals surface area contributed by atoms with Crippen LogP contribution in [0.2, 0.25) is 0 Å². The number of nitrogens with one attached hydrogen (secondary N) is 2. The van der Waals surface area contributed by atoms with E-state index in [0.717, 1.165) is 21.3 Å². The largest absolute Gasteiger partial charge is 0.454 e. The van der Waals surface area contributed by atoms with Crippen LogP contribution in [0.15, 0.2) is 46.9 Å². The van der Waals surface area contributed by atoms with E-state index in [-0.39, 0.29) is 24.9 Å². The number of amides is 2. The van der Waals surface area contributed by atoms with Crippen LogP contribution in [0.4, 0.5) is 4.79 Å². The molecule has 5 nitrogen and oxygen atoms in total. The summed E-state index contributed by atoms with van der Waals surface area (Å²) in [5, 5.41) is 5.89. The molecule has 3 rings (SSSR count). The number of benzene rings is 2. The Morgan fingerprint density at radius 3 is 2.38 bits per heavy atom. The van der Waals surface area contributed by atoms with Crippen molar-refractivity contribution in [3.8, 4) is 11.5 Å². The molecular formula is C18H19BrN2O3. The van der Waals surface area contributed by atoms with Gasteiger partial charge in [-0.05, 0) is 49.2 Å².